The van der Waals surface area contributed by atoms with Crippen molar-refractivity contribution >= 4 is 34.5 Å². The second-order valence-corrected chi connectivity index (χ2v) is 10.1. The van der Waals surface area contributed by atoms with Crippen LogP contribution in [0.4, 0.5) is 30.4 Å². The van der Waals surface area contributed by atoms with Gasteiger partial charge in [0.25, 0.3) is 5.69 Å². The number of hydrogen-bond acceptors (Lipinski definition) is 7. The van der Waals surface area contributed by atoms with Crippen molar-refractivity contribution < 1.29 is 22.8 Å². The minimum Gasteiger partial charge on any atom is -0.474 e. The van der Waals surface area contributed by atoms with E-state index in [2.05, 4.69) is 27.4 Å². The highest BCUT2D eigenvalue weighted by atomic mass is 32.1. The van der Waals surface area contributed by atoms with Gasteiger partial charge in [0, 0.05) is 56.6 Å². The zero-order chi connectivity index (χ0) is 28.0. The number of nitro benzene ring substituents is 1. The largest absolute Gasteiger partial charge is 0.474 e. The van der Waals surface area contributed by atoms with Crippen LogP contribution in [0.1, 0.15) is 44.6 Å². The number of benzene rings is 1. The van der Waals surface area contributed by atoms with Crippen LogP contribution in [0.25, 0.3) is 0 Å². The molecule has 1 aliphatic carbocycles. The number of alkyl halides is 3. The molecule has 1 aromatic carbocycles. The molecule has 4 rings (SSSR count). The van der Waals surface area contributed by atoms with E-state index in [4.69, 9.17) is 21.9 Å². The quantitative estimate of drug-likeness (QED) is 0.253. The molecule has 0 amide bonds. The average molecular weight is 567 g/mol. The minimum atomic E-state index is -4.81. The molecular weight excluding hydrogens is 533 g/mol. The lowest BCUT2D eigenvalue weighted by Gasteiger charge is -2.37. The molecule has 1 saturated heterocycles. The summed E-state index contributed by atoms with van der Waals surface area (Å²) < 4.78 is 46.0. The molecule has 9 nitrogen and oxygen atoms in total. The first-order chi connectivity index (χ1) is 18.6. The second-order valence-electron chi connectivity index (χ2n) is 9.76. The maximum Gasteiger partial charge on any atom is 0.423 e. The van der Waals surface area contributed by atoms with E-state index in [0.717, 1.165) is 62.2 Å². The molecule has 212 valence electrons. The number of nitrogens with one attached hydrogen (secondary N) is 2. The van der Waals surface area contributed by atoms with Gasteiger partial charge in [-0.25, -0.2) is 0 Å². The van der Waals surface area contributed by atoms with Crippen LogP contribution in [-0.2, 0) is 6.18 Å². The van der Waals surface area contributed by atoms with Crippen LogP contribution in [0.15, 0.2) is 36.4 Å². The Labute approximate surface area is 230 Å². The Hall–Kier alpha value is -3.35. The molecular formula is C26H33F3N6O3S. The van der Waals surface area contributed by atoms with Gasteiger partial charge < -0.3 is 25.2 Å². The molecule has 0 spiro atoms. The van der Waals surface area contributed by atoms with Gasteiger partial charge in [-0.05, 0) is 62.5 Å². The Balaban J connectivity index is 1.27. The van der Waals surface area contributed by atoms with Gasteiger partial charge in [-0.2, -0.15) is 18.2 Å². The molecule has 0 atom stereocenters. The normalized spacial score (nSPS) is 19.9. The standard InChI is InChI=1S/C26H33F3N6O3S/c1-2-12-30-25(39)34-15-13-33(14-16-34)23-4-3-5-24(32-23)38-20-9-6-18(7-10-20)31-19-8-11-22(35(36)37)21(17-19)26(27,28)29/h3-5,8,11,17-18,20,31H,2,6-7,9-10,12-16H2,1H3,(H,30,39). The van der Waals surface area contributed by atoms with Gasteiger partial charge in [-0.15, -0.1) is 0 Å². The van der Waals surface area contributed by atoms with Gasteiger partial charge in [0.15, 0.2) is 5.11 Å². The van der Waals surface area contributed by atoms with E-state index >= 15 is 0 Å². The van der Waals surface area contributed by atoms with Crippen LogP contribution in [-0.4, -0.2) is 64.8 Å². The summed E-state index contributed by atoms with van der Waals surface area (Å²) in [4.78, 5) is 19.1. The van der Waals surface area contributed by atoms with Gasteiger partial charge in [-0.1, -0.05) is 13.0 Å². The van der Waals surface area contributed by atoms with E-state index in [1.54, 1.807) is 0 Å². The number of aromatic nitrogens is 1. The smallest absolute Gasteiger partial charge is 0.423 e. The first-order valence-electron chi connectivity index (χ1n) is 13.2. The molecule has 1 aromatic heterocycles. The number of rotatable bonds is 8. The van der Waals surface area contributed by atoms with Crippen molar-refractivity contribution in [1.82, 2.24) is 15.2 Å². The summed E-state index contributed by atoms with van der Waals surface area (Å²) in [5.74, 6) is 1.41. The third kappa shape index (κ3) is 7.61. The highest BCUT2D eigenvalue weighted by molar-refractivity contribution is 7.80. The van der Waals surface area contributed by atoms with Crippen molar-refractivity contribution in [3.63, 3.8) is 0 Å². The number of thiocarbonyl (C=S) groups is 1. The van der Waals surface area contributed by atoms with Gasteiger partial charge in [-0.3, -0.25) is 10.1 Å². The molecule has 39 heavy (non-hydrogen) atoms. The Morgan fingerprint density at radius 3 is 2.51 bits per heavy atom. The fourth-order valence-electron chi connectivity index (χ4n) is 4.87. The fraction of sp³-hybridized carbons (Fsp3) is 0.538. The number of nitrogens with zero attached hydrogens (tertiary/aromatic N) is 4. The first-order valence-corrected chi connectivity index (χ1v) is 13.6. The van der Waals surface area contributed by atoms with Crippen LogP contribution in [0.3, 0.4) is 0 Å². The number of hydrogen-bond donors (Lipinski definition) is 2. The highest BCUT2D eigenvalue weighted by Gasteiger charge is 2.38. The summed E-state index contributed by atoms with van der Waals surface area (Å²) >= 11 is 5.47. The highest BCUT2D eigenvalue weighted by Crippen LogP contribution is 2.38. The van der Waals surface area contributed by atoms with Crippen molar-refractivity contribution in [3.8, 4) is 5.88 Å². The van der Waals surface area contributed by atoms with Gasteiger partial charge >= 0.3 is 6.18 Å². The van der Waals surface area contributed by atoms with Gasteiger partial charge in [0.2, 0.25) is 5.88 Å². The van der Waals surface area contributed by atoms with E-state index in [1.807, 2.05) is 18.2 Å². The predicted octanol–water partition coefficient (Wildman–Crippen LogP) is 5.22. The minimum absolute atomic E-state index is 0.0488. The van der Waals surface area contributed by atoms with E-state index in [-0.39, 0.29) is 17.8 Å². The Morgan fingerprint density at radius 1 is 1.15 bits per heavy atom. The van der Waals surface area contributed by atoms with Crippen LogP contribution < -0.4 is 20.3 Å². The van der Waals surface area contributed by atoms with Crippen molar-refractivity contribution in [3.05, 3.63) is 52.1 Å². The number of ether oxygens (including phenoxy) is 1. The zero-order valence-electron chi connectivity index (χ0n) is 21.7. The molecule has 2 aromatic rings. The summed E-state index contributed by atoms with van der Waals surface area (Å²) in [5, 5.41) is 18.2. The molecule has 1 aliphatic heterocycles. The number of nitro groups is 1. The molecule has 2 aliphatic rings. The Bertz CT molecular complexity index is 1150. The van der Waals surface area contributed by atoms with Crippen LogP contribution in [0, 0.1) is 10.1 Å². The monoisotopic (exact) mass is 566 g/mol. The van der Waals surface area contributed by atoms with E-state index in [1.165, 1.54) is 6.07 Å². The molecule has 2 heterocycles. The Morgan fingerprint density at radius 2 is 1.87 bits per heavy atom. The van der Waals surface area contributed by atoms with Crippen molar-refractivity contribution in [1.29, 1.82) is 0 Å². The van der Waals surface area contributed by atoms with Crippen LogP contribution in [0.2, 0.25) is 0 Å². The maximum absolute atomic E-state index is 13.3. The third-order valence-corrected chi connectivity index (χ3v) is 7.36. The van der Waals surface area contributed by atoms with Crippen LogP contribution >= 0.6 is 12.2 Å². The summed E-state index contributed by atoms with van der Waals surface area (Å²) in [7, 11) is 0. The number of piperazine rings is 1. The molecule has 2 N–H and O–H groups in total. The lowest BCUT2D eigenvalue weighted by atomic mass is 9.92. The predicted molar refractivity (Wildman–Crippen MR) is 147 cm³/mol. The Kier molecular flexibility index (Phi) is 9.31. The van der Waals surface area contributed by atoms with Crippen molar-refractivity contribution in [2.45, 2.75) is 57.3 Å². The number of pyridine rings is 1. The second kappa shape index (κ2) is 12.7. The van der Waals surface area contributed by atoms with Crippen LogP contribution in [0.5, 0.6) is 5.88 Å². The summed E-state index contributed by atoms with van der Waals surface area (Å²) in [5.41, 5.74) is -1.99. The molecule has 1 saturated carbocycles. The lowest BCUT2D eigenvalue weighted by Crippen LogP contribution is -2.52. The SMILES string of the molecule is CCCNC(=S)N1CCN(c2cccc(OC3CCC(Nc4ccc([N+](=O)[O-])c(C(F)(F)F)c4)CC3)n2)CC1. The number of halogens is 3. The van der Waals surface area contributed by atoms with Gasteiger partial charge in [0.05, 0.1) is 4.92 Å². The summed E-state index contributed by atoms with van der Waals surface area (Å²) in [6, 6.07) is 8.71. The van der Waals surface area contributed by atoms with Gasteiger partial charge in [0.1, 0.15) is 17.5 Å². The molecule has 0 bridgehead atoms. The molecule has 13 heteroatoms. The van der Waals surface area contributed by atoms with E-state index in [9.17, 15) is 23.3 Å². The first kappa shape index (κ1) is 28.7. The fourth-order valence-corrected chi connectivity index (χ4v) is 5.16. The van der Waals surface area contributed by atoms with E-state index in [0.29, 0.717) is 31.6 Å². The summed E-state index contributed by atoms with van der Waals surface area (Å²) in [6.07, 6.45) is -1.02. The number of anilines is 2. The van der Waals surface area contributed by atoms with Crippen molar-refractivity contribution in [2.24, 2.45) is 0 Å². The third-order valence-electron chi connectivity index (χ3n) is 6.96. The molecule has 2 fully saturated rings. The van der Waals surface area contributed by atoms with E-state index < -0.39 is 22.4 Å². The summed E-state index contributed by atoms with van der Waals surface area (Å²) in [6.45, 7) is 6.22. The van der Waals surface area contributed by atoms with Crippen molar-refractivity contribution in [2.75, 3.05) is 42.9 Å². The zero-order valence-corrected chi connectivity index (χ0v) is 22.6. The average Bonchev–Trinajstić information content (AvgIpc) is 2.92. The molecule has 0 radical (unpaired) electrons. The lowest BCUT2D eigenvalue weighted by molar-refractivity contribution is -0.388. The maximum atomic E-state index is 13.3. The topological polar surface area (TPSA) is 95.8 Å². The molecule has 0 unspecified atom stereocenters.